The number of fused-ring (bicyclic) bond motifs is 1. The normalized spacial score (nSPS) is 11.8. The molecule has 1 atom stereocenters. The highest BCUT2D eigenvalue weighted by Gasteiger charge is 2.24. The molecule has 0 saturated heterocycles. The molecule has 0 unspecified atom stereocenters. The Morgan fingerprint density at radius 3 is 2.46 bits per heavy atom. The molecule has 4 rings (SSSR count). The summed E-state index contributed by atoms with van der Waals surface area (Å²) in [6.07, 6.45) is 5.35. The van der Waals surface area contributed by atoms with Crippen LogP contribution in [0.15, 0.2) is 85.1 Å². The molecule has 37 heavy (non-hydrogen) atoms. The lowest BCUT2D eigenvalue weighted by Gasteiger charge is -2.22. The largest absolute Gasteiger partial charge is 0.493 e. The van der Waals surface area contributed by atoms with Crippen LogP contribution in [0, 0.1) is 0 Å². The second kappa shape index (κ2) is 12.4. The summed E-state index contributed by atoms with van der Waals surface area (Å²) in [5.41, 5.74) is 3.90. The third-order valence-electron chi connectivity index (χ3n) is 6.19. The summed E-state index contributed by atoms with van der Waals surface area (Å²) in [5.74, 6) is 0.677. The van der Waals surface area contributed by atoms with Crippen molar-refractivity contribution in [2.24, 2.45) is 0 Å². The second-order valence-electron chi connectivity index (χ2n) is 8.51. The summed E-state index contributed by atoms with van der Waals surface area (Å²) in [4.78, 5) is 28.1. The number of aromatic nitrogens is 1. The number of para-hydroxylation sites is 2. The van der Waals surface area contributed by atoms with Gasteiger partial charge in [-0.1, -0.05) is 60.7 Å². The first-order valence-electron chi connectivity index (χ1n) is 12.1. The number of benzene rings is 3. The van der Waals surface area contributed by atoms with Gasteiger partial charge < -0.3 is 25.1 Å². The number of carbonyl (C=O) groups is 2. The van der Waals surface area contributed by atoms with Crippen LogP contribution in [0.1, 0.15) is 29.0 Å². The minimum Gasteiger partial charge on any atom is -0.493 e. The Hall–Kier alpha value is -4.52. The van der Waals surface area contributed by atoms with Crippen LogP contribution in [0.25, 0.3) is 17.0 Å². The van der Waals surface area contributed by atoms with E-state index in [1.807, 2.05) is 72.9 Å². The fraction of sp³-hybridized carbons (Fsp3) is 0.200. The van der Waals surface area contributed by atoms with Crippen LogP contribution in [0.3, 0.4) is 0 Å². The zero-order valence-corrected chi connectivity index (χ0v) is 21.0. The standard InChI is InChI=1S/C30H31N3O4/c1-36-27-14-8-12-23(30(27)37-2)25(24-19-32-26-13-7-6-11-22(24)26)20-33-29(35)17-18-31-28(34)16-15-21-9-4-3-5-10-21/h3-16,19,25,32H,17-18,20H2,1-2H3,(H,31,34)(H,33,35)/b16-15-/t25-/m1/s1. The minimum absolute atomic E-state index is 0.154. The smallest absolute Gasteiger partial charge is 0.244 e. The first kappa shape index (κ1) is 25.6. The Labute approximate surface area is 216 Å². The van der Waals surface area contributed by atoms with Gasteiger partial charge in [-0.15, -0.1) is 0 Å². The summed E-state index contributed by atoms with van der Waals surface area (Å²) in [5, 5.41) is 6.87. The fourth-order valence-corrected chi connectivity index (χ4v) is 4.35. The van der Waals surface area contributed by atoms with Gasteiger partial charge in [-0.3, -0.25) is 9.59 Å². The Kier molecular flexibility index (Phi) is 8.60. The van der Waals surface area contributed by atoms with E-state index in [4.69, 9.17) is 9.47 Å². The summed E-state index contributed by atoms with van der Waals surface area (Å²) in [7, 11) is 3.22. The van der Waals surface area contributed by atoms with Gasteiger partial charge in [0.05, 0.1) is 14.2 Å². The van der Waals surface area contributed by atoms with E-state index >= 15 is 0 Å². The number of rotatable bonds is 11. The van der Waals surface area contributed by atoms with Crippen molar-refractivity contribution in [1.82, 2.24) is 15.6 Å². The molecule has 0 saturated carbocycles. The lowest BCUT2D eigenvalue weighted by Crippen LogP contribution is -2.32. The van der Waals surface area contributed by atoms with Gasteiger partial charge in [0.2, 0.25) is 11.8 Å². The number of amides is 2. The first-order chi connectivity index (χ1) is 18.1. The molecule has 0 aliphatic rings. The molecule has 4 aromatic rings. The number of hydrogen-bond acceptors (Lipinski definition) is 4. The Morgan fingerprint density at radius 2 is 1.68 bits per heavy atom. The predicted molar refractivity (Wildman–Crippen MR) is 146 cm³/mol. The third kappa shape index (κ3) is 6.38. The van der Waals surface area contributed by atoms with Gasteiger partial charge in [0.1, 0.15) is 0 Å². The number of methoxy groups -OCH3 is 2. The lowest BCUT2D eigenvalue weighted by atomic mass is 9.89. The maximum atomic E-state index is 12.7. The SMILES string of the molecule is COc1cccc([C@@H](CNC(=O)CCNC(=O)/C=C\c2ccccc2)c2c[nH]c3ccccc23)c1OC. The molecule has 0 aliphatic heterocycles. The molecule has 3 N–H and O–H groups in total. The van der Waals surface area contributed by atoms with Gasteiger partial charge >= 0.3 is 0 Å². The van der Waals surface area contributed by atoms with E-state index in [1.54, 1.807) is 20.3 Å². The van der Waals surface area contributed by atoms with Crippen LogP contribution in [-0.4, -0.2) is 44.1 Å². The molecule has 3 aromatic carbocycles. The number of ether oxygens (including phenoxy) is 2. The Bertz CT molecular complexity index is 1380. The van der Waals surface area contributed by atoms with Gasteiger partial charge in [0, 0.05) is 54.2 Å². The number of carbonyl (C=O) groups excluding carboxylic acids is 2. The molecular formula is C30H31N3O4. The zero-order chi connectivity index (χ0) is 26.0. The monoisotopic (exact) mass is 497 g/mol. The summed E-state index contributed by atoms with van der Waals surface area (Å²) in [6, 6.07) is 23.4. The zero-order valence-electron chi connectivity index (χ0n) is 21.0. The number of H-pyrrole nitrogens is 1. The van der Waals surface area contributed by atoms with Gasteiger partial charge in [-0.25, -0.2) is 0 Å². The van der Waals surface area contributed by atoms with Crippen molar-refractivity contribution < 1.29 is 19.1 Å². The topological polar surface area (TPSA) is 92.5 Å². The summed E-state index contributed by atoms with van der Waals surface area (Å²) >= 11 is 0. The van der Waals surface area contributed by atoms with E-state index in [1.165, 1.54) is 6.08 Å². The summed E-state index contributed by atoms with van der Waals surface area (Å²) in [6.45, 7) is 0.593. The van der Waals surface area contributed by atoms with E-state index in [0.717, 1.165) is 27.6 Å². The van der Waals surface area contributed by atoms with Crippen LogP contribution < -0.4 is 20.1 Å². The highest BCUT2D eigenvalue weighted by atomic mass is 16.5. The number of nitrogens with one attached hydrogen (secondary N) is 3. The Morgan fingerprint density at radius 1 is 0.892 bits per heavy atom. The fourth-order valence-electron chi connectivity index (χ4n) is 4.35. The van der Waals surface area contributed by atoms with Crippen LogP contribution >= 0.6 is 0 Å². The van der Waals surface area contributed by atoms with Crippen molar-refractivity contribution in [1.29, 1.82) is 0 Å². The van der Waals surface area contributed by atoms with Gasteiger partial charge in [0.25, 0.3) is 0 Å². The molecular weight excluding hydrogens is 466 g/mol. The molecule has 190 valence electrons. The number of hydrogen-bond donors (Lipinski definition) is 3. The van der Waals surface area contributed by atoms with Crippen molar-refractivity contribution in [3.63, 3.8) is 0 Å². The summed E-state index contributed by atoms with van der Waals surface area (Å²) < 4.78 is 11.2. The van der Waals surface area contributed by atoms with Gasteiger partial charge in [-0.2, -0.15) is 0 Å². The minimum atomic E-state index is -0.241. The van der Waals surface area contributed by atoms with E-state index in [9.17, 15) is 9.59 Å². The number of aromatic amines is 1. The quantitative estimate of drug-likeness (QED) is 0.263. The van der Waals surface area contributed by atoms with Gasteiger partial charge in [0.15, 0.2) is 11.5 Å². The molecule has 0 spiro atoms. The second-order valence-corrected chi connectivity index (χ2v) is 8.51. The van der Waals surface area contributed by atoms with Crippen molar-refractivity contribution in [3.05, 3.63) is 102 Å². The van der Waals surface area contributed by atoms with Crippen LogP contribution in [0.2, 0.25) is 0 Å². The molecule has 0 fully saturated rings. The highest BCUT2D eigenvalue weighted by Crippen LogP contribution is 2.40. The van der Waals surface area contributed by atoms with E-state index in [-0.39, 0.29) is 30.7 Å². The molecule has 7 nitrogen and oxygen atoms in total. The first-order valence-corrected chi connectivity index (χ1v) is 12.1. The third-order valence-corrected chi connectivity index (χ3v) is 6.19. The average molecular weight is 498 g/mol. The van der Waals surface area contributed by atoms with Gasteiger partial charge in [-0.05, 0) is 29.3 Å². The van der Waals surface area contributed by atoms with Crippen LogP contribution in [0.4, 0.5) is 0 Å². The Balaban J connectivity index is 1.43. The molecule has 0 radical (unpaired) electrons. The van der Waals surface area contributed by atoms with Crippen molar-refractivity contribution in [2.75, 3.05) is 27.3 Å². The highest BCUT2D eigenvalue weighted by molar-refractivity contribution is 5.92. The molecule has 0 bridgehead atoms. The molecule has 1 heterocycles. The van der Waals surface area contributed by atoms with E-state index in [0.29, 0.717) is 18.0 Å². The average Bonchev–Trinajstić information content (AvgIpc) is 3.36. The van der Waals surface area contributed by atoms with Crippen molar-refractivity contribution in [2.45, 2.75) is 12.3 Å². The van der Waals surface area contributed by atoms with Crippen LogP contribution in [0.5, 0.6) is 11.5 Å². The maximum Gasteiger partial charge on any atom is 0.244 e. The molecule has 0 aliphatic carbocycles. The van der Waals surface area contributed by atoms with E-state index < -0.39 is 0 Å². The van der Waals surface area contributed by atoms with Crippen molar-refractivity contribution >= 4 is 28.8 Å². The molecule has 1 aromatic heterocycles. The molecule has 7 heteroatoms. The lowest BCUT2D eigenvalue weighted by molar-refractivity contribution is -0.121. The van der Waals surface area contributed by atoms with E-state index in [2.05, 4.69) is 21.7 Å². The van der Waals surface area contributed by atoms with Crippen molar-refractivity contribution in [3.8, 4) is 11.5 Å². The van der Waals surface area contributed by atoms with Crippen LogP contribution in [-0.2, 0) is 9.59 Å². The maximum absolute atomic E-state index is 12.7. The predicted octanol–water partition coefficient (Wildman–Crippen LogP) is 4.65. The molecule has 2 amide bonds.